The first-order valence-electron chi connectivity index (χ1n) is 7.16. The van der Waals surface area contributed by atoms with Gasteiger partial charge in [-0.3, -0.25) is 4.79 Å². The zero-order valence-electron chi connectivity index (χ0n) is 13.3. The molecule has 0 aliphatic rings. The third-order valence-corrected chi connectivity index (χ3v) is 2.79. The molecule has 0 bridgehead atoms. The van der Waals surface area contributed by atoms with Crippen molar-refractivity contribution in [2.75, 3.05) is 26.3 Å². The summed E-state index contributed by atoms with van der Waals surface area (Å²) in [5, 5.41) is 0. The molecule has 1 amide bonds. The van der Waals surface area contributed by atoms with Gasteiger partial charge in [0.25, 0.3) is 5.91 Å². The molecule has 0 aliphatic heterocycles. The fraction of sp³-hybridized carbons (Fsp3) is 0.438. The van der Waals surface area contributed by atoms with Gasteiger partial charge in [-0.2, -0.15) is 0 Å². The fourth-order valence-electron chi connectivity index (χ4n) is 1.80. The lowest BCUT2D eigenvalue weighted by molar-refractivity contribution is -0.133. The maximum Gasteiger partial charge on any atom is 0.344 e. The van der Waals surface area contributed by atoms with Gasteiger partial charge in [0.2, 0.25) is 5.88 Å². The van der Waals surface area contributed by atoms with E-state index in [0.29, 0.717) is 19.7 Å². The SMILES string of the molecule is C=C(C)CN(CC)C(=O)COC(=O)c1cccnc1OCC. The molecule has 0 saturated carbocycles. The van der Waals surface area contributed by atoms with Crippen LogP contribution in [0.1, 0.15) is 31.1 Å². The molecule has 6 heteroatoms. The Labute approximate surface area is 130 Å². The highest BCUT2D eigenvalue weighted by atomic mass is 16.5. The second-order valence-electron chi connectivity index (χ2n) is 4.73. The van der Waals surface area contributed by atoms with Gasteiger partial charge in [-0.15, -0.1) is 0 Å². The van der Waals surface area contributed by atoms with Crippen LogP contribution in [-0.2, 0) is 9.53 Å². The number of pyridine rings is 1. The standard InChI is InChI=1S/C16H22N2O4/c1-5-18(10-12(3)4)14(19)11-22-16(20)13-8-7-9-17-15(13)21-6-2/h7-9H,3,5-6,10-11H2,1-2,4H3. The van der Waals surface area contributed by atoms with Gasteiger partial charge in [0, 0.05) is 19.3 Å². The van der Waals surface area contributed by atoms with Crippen LogP contribution in [0.15, 0.2) is 30.5 Å². The monoisotopic (exact) mass is 306 g/mol. The summed E-state index contributed by atoms with van der Waals surface area (Å²) in [6, 6.07) is 3.16. The van der Waals surface area contributed by atoms with E-state index in [1.165, 1.54) is 6.20 Å². The van der Waals surface area contributed by atoms with E-state index in [-0.39, 0.29) is 24.0 Å². The normalized spacial score (nSPS) is 9.95. The summed E-state index contributed by atoms with van der Waals surface area (Å²) < 4.78 is 10.3. The minimum atomic E-state index is -0.628. The van der Waals surface area contributed by atoms with E-state index in [1.54, 1.807) is 24.0 Å². The van der Waals surface area contributed by atoms with Crippen molar-refractivity contribution in [1.82, 2.24) is 9.88 Å². The molecule has 0 N–H and O–H groups in total. The predicted octanol–water partition coefficient (Wildman–Crippen LogP) is 2.06. The van der Waals surface area contributed by atoms with Crippen molar-refractivity contribution in [3.8, 4) is 5.88 Å². The van der Waals surface area contributed by atoms with Gasteiger partial charge < -0.3 is 14.4 Å². The fourth-order valence-corrected chi connectivity index (χ4v) is 1.80. The lowest BCUT2D eigenvalue weighted by Gasteiger charge is -2.20. The third-order valence-electron chi connectivity index (χ3n) is 2.79. The second-order valence-corrected chi connectivity index (χ2v) is 4.73. The van der Waals surface area contributed by atoms with Gasteiger partial charge in [-0.1, -0.05) is 12.2 Å². The highest BCUT2D eigenvalue weighted by Crippen LogP contribution is 2.15. The number of esters is 1. The van der Waals surface area contributed by atoms with E-state index in [2.05, 4.69) is 11.6 Å². The molecule has 0 spiro atoms. The maximum absolute atomic E-state index is 12.0. The Morgan fingerprint density at radius 1 is 1.36 bits per heavy atom. The van der Waals surface area contributed by atoms with E-state index in [0.717, 1.165) is 5.57 Å². The average molecular weight is 306 g/mol. The summed E-state index contributed by atoms with van der Waals surface area (Å²) in [6.07, 6.45) is 1.53. The molecule has 1 heterocycles. The molecule has 0 aromatic carbocycles. The Bertz CT molecular complexity index is 543. The lowest BCUT2D eigenvalue weighted by Crippen LogP contribution is -2.35. The van der Waals surface area contributed by atoms with E-state index in [4.69, 9.17) is 9.47 Å². The number of ether oxygens (including phenoxy) is 2. The van der Waals surface area contributed by atoms with Gasteiger partial charge in [0.05, 0.1) is 6.61 Å². The topological polar surface area (TPSA) is 68.7 Å². The van der Waals surface area contributed by atoms with E-state index in [1.807, 2.05) is 13.8 Å². The summed E-state index contributed by atoms with van der Waals surface area (Å²) in [5.41, 5.74) is 1.08. The van der Waals surface area contributed by atoms with Crippen LogP contribution in [0.3, 0.4) is 0 Å². The van der Waals surface area contributed by atoms with Crippen molar-refractivity contribution in [3.63, 3.8) is 0 Å². The van der Waals surface area contributed by atoms with Crippen LogP contribution in [0, 0.1) is 0 Å². The maximum atomic E-state index is 12.0. The summed E-state index contributed by atoms with van der Waals surface area (Å²) >= 11 is 0. The smallest absolute Gasteiger partial charge is 0.344 e. The number of hydrogen-bond donors (Lipinski definition) is 0. The minimum Gasteiger partial charge on any atom is -0.477 e. The molecule has 1 rings (SSSR count). The third kappa shape index (κ3) is 5.20. The molecule has 0 atom stereocenters. The molecule has 0 aliphatic carbocycles. The second kappa shape index (κ2) is 8.81. The average Bonchev–Trinajstić information content (AvgIpc) is 2.50. The Morgan fingerprint density at radius 2 is 2.09 bits per heavy atom. The highest BCUT2D eigenvalue weighted by molar-refractivity contribution is 5.93. The summed E-state index contributed by atoms with van der Waals surface area (Å²) in [5.74, 6) is -0.686. The van der Waals surface area contributed by atoms with Crippen molar-refractivity contribution >= 4 is 11.9 Å². The summed E-state index contributed by atoms with van der Waals surface area (Å²) in [4.78, 5) is 29.6. The van der Waals surface area contributed by atoms with Crippen LogP contribution in [0.2, 0.25) is 0 Å². The molecular weight excluding hydrogens is 284 g/mol. The molecule has 6 nitrogen and oxygen atoms in total. The molecule has 0 radical (unpaired) electrons. The van der Waals surface area contributed by atoms with Gasteiger partial charge >= 0.3 is 5.97 Å². The number of carbonyl (C=O) groups excluding carboxylic acids is 2. The van der Waals surface area contributed by atoms with Crippen molar-refractivity contribution < 1.29 is 19.1 Å². The van der Waals surface area contributed by atoms with Gasteiger partial charge in [0.15, 0.2) is 6.61 Å². The van der Waals surface area contributed by atoms with E-state index in [9.17, 15) is 9.59 Å². The molecule has 0 saturated heterocycles. The predicted molar refractivity (Wildman–Crippen MR) is 82.8 cm³/mol. The summed E-state index contributed by atoms with van der Waals surface area (Å²) in [6.45, 7) is 10.3. The molecule has 0 fully saturated rings. The largest absolute Gasteiger partial charge is 0.477 e. The number of likely N-dealkylation sites (N-methyl/N-ethyl adjacent to an activating group) is 1. The van der Waals surface area contributed by atoms with Gasteiger partial charge in [-0.25, -0.2) is 9.78 Å². The van der Waals surface area contributed by atoms with Gasteiger partial charge in [-0.05, 0) is 32.9 Å². The Morgan fingerprint density at radius 3 is 2.68 bits per heavy atom. The van der Waals surface area contributed by atoms with Crippen molar-refractivity contribution in [3.05, 3.63) is 36.0 Å². The van der Waals surface area contributed by atoms with E-state index >= 15 is 0 Å². The van der Waals surface area contributed by atoms with E-state index < -0.39 is 5.97 Å². The van der Waals surface area contributed by atoms with Crippen LogP contribution in [0.5, 0.6) is 5.88 Å². The Kier molecular flexibility index (Phi) is 7.08. The number of amides is 1. The minimum absolute atomic E-state index is 0.205. The van der Waals surface area contributed by atoms with Crippen molar-refractivity contribution in [2.45, 2.75) is 20.8 Å². The zero-order valence-corrected chi connectivity index (χ0v) is 13.3. The first-order chi connectivity index (χ1) is 10.5. The molecule has 22 heavy (non-hydrogen) atoms. The van der Waals surface area contributed by atoms with Crippen LogP contribution >= 0.6 is 0 Å². The number of nitrogens with zero attached hydrogens (tertiary/aromatic N) is 2. The number of hydrogen-bond acceptors (Lipinski definition) is 5. The summed E-state index contributed by atoms with van der Waals surface area (Å²) in [7, 11) is 0. The lowest BCUT2D eigenvalue weighted by atomic mass is 10.3. The zero-order chi connectivity index (χ0) is 16.5. The molecular formula is C16H22N2O4. The number of aromatic nitrogens is 1. The first kappa shape index (κ1) is 17.7. The Balaban J connectivity index is 2.66. The Hall–Kier alpha value is -2.37. The molecule has 0 unspecified atom stereocenters. The molecule has 1 aromatic rings. The quantitative estimate of drug-likeness (QED) is 0.543. The van der Waals surface area contributed by atoms with Crippen molar-refractivity contribution in [2.24, 2.45) is 0 Å². The van der Waals surface area contributed by atoms with Gasteiger partial charge in [0.1, 0.15) is 5.56 Å². The highest BCUT2D eigenvalue weighted by Gasteiger charge is 2.18. The first-order valence-corrected chi connectivity index (χ1v) is 7.16. The van der Waals surface area contributed by atoms with Crippen LogP contribution in [-0.4, -0.2) is 48.1 Å². The molecule has 1 aromatic heterocycles. The van der Waals surface area contributed by atoms with Crippen LogP contribution in [0.4, 0.5) is 0 Å². The van der Waals surface area contributed by atoms with Crippen LogP contribution in [0.25, 0.3) is 0 Å². The number of rotatable bonds is 8. The van der Waals surface area contributed by atoms with Crippen LogP contribution < -0.4 is 4.74 Å². The number of carbonyl (C=O) groups is 2. The van der Waals surface area contributed by atoms with Crippen molar-refractivity contribution in [1.29, 1.82) is 0 Å². The molecule has 120 valence electrons.